The van der Waals surface area contributed by atoms with E-state index in [0.717, 1.165) is 24.0 Å². The average Bonchev–Trinajstić information content (AvgIpc) is 2.80. The second-order valence-corrected chi connectivity index (χ2v) is 4.38. The average molecular weight is 266 g/mol. The Kier molecular flexibility index (Phi) is 4.24. The topological polar surface area (TPSA) is 55.9 Å². The van der Waals surface area contributed by atoms with Gasteiger partial charge in [-0.05, 0) is 24.6 Å². The van der Waals surface area contributed by atoms with Gasteiger partial charge in [0.25, 0.3) is 0 Å². The standard InChI is InChI=1S/C13H16F2N4/c1-19-7-6-17-13(19)5-4-12(18-16)10-8-9(14)2-3-11(10)15/h2-3,6-8,12,18H,4-5,16H2,1H3. The van der Waals surface area contributed by atoms with Gasteiger partial charge in [-0.25, -0.2) is 13.8 Å². The van der Waals surface area contributed by atoms with E-state index in [1.807, 2.05) is 17.8 Å². The van der Waals surface area contributed by atoms with E-state index in [1.165, 1.54) is 0 Å². The van der Waals surface area contributed by atoms with Gasteiger partial charge in [0.1, 0.15) is 17.5 Å². The number of rotatable bonds is 5. The molecule has 1 atom stereocenters. The highest BCUT2D eigenvalue weighted by molar-refractivity contribution is 5.22. The molecule has 1 aromatic carbocycles. The Bertz CT molecular complexity index is 553. The monoisotopic (exact) mass is 266 g/mol. The zero-order chi connectivity index (χ0) is 13.8. The summed E-state index contributed by atoms with van der Waals surface area (Å²) in [6.45, 7) is 0. The number of nitrogens with one attached hydrogen (secondary N) is 1. The van der Waals surface area contributed by atoms with E-state index in [1.54, 1.807) is 6.20 Å². The molecule has 0 aliphatic carbocycles. The fourth-order valence-electron chi connectivity index (χ4n) is 2.02. The van der Waals surface area contributed by atoms with Gasteiger partial charge in [-0.15, -0.1) is 0 Å². The number of halogens is 2. The second-order valence-electron chi connectivity index (χ2n) is 4.38. The van der Waals surface area contributed by atoms with Crippen LogP contribution in [0.4, 0.5) is 8.78 Å². The van der Waals surface area contributed by atoms with Gasteiger partial charge in [-0.2, -0.15) is 0 Å². The smallest absolute Gasteiger partial charge is 0.128 e. The molecule has 1 unspecified atom stereocenters. The Morgan fingerprint density at radius 1 is 1.42 bits per heavy atom. The molecule has 0 spiro atoms. The summed E-state index contributed by atoms with van der Waals surface area (Å²) >= 11 is 0. The molecule has 0 radical (unpaired) electrons. The minimum absolute atomic E-state index is 0.233. The summed E-state index contributed by atoms with van der Waals surface area (Å²) in [5.74, 6) is 5.36. The molecule has 2 aromatic rings. The molecule has 0 bridgehead atoms. The predicted molar refractivity (Wildman–Crippen MR) is 68.0 cm³/mol. The lowest BCUT2D eigenvalue weighted by Crippen LogP contribution is -2.29. The van der Waals surface area contributed by atoms with Gasteiger partial charge in [-0.1, -0.05) is 0 Å². The Morgan fingerprint density at radius 3 is 2.84 bits per heavy atom. The van der Waals surface area contributed by atoms with E-state index < -0.39 is 17.7 Å². The third-order valence-corrected chi connectivity index (χ3v) is 3.11. The molecule has 2 rings (SSSR count). The lowest BCUT2D eigenvalue weighted by Gasteiger charge is -2.17. The first kappa shape index (κ1) is 13.6. The van der Waals surface area contributed by atoms with Crippen LogP contribution >= 0.6 is 0 Å². The zero-order valence-corrected chi connectivity index (χ0v) is 10.6. The highest BCUT2D eigenvalue weighted by Crippen LogP contribution is 2.22. The number of aromatic nitrogens is 2. The molecule has 0 amide bonds. The van der Waals surface area contributed by atoms with Crippen LogP contribution in [0.5, 0.6) is 0 Å². The number of imidazole rings is 1. The number of aryl methyl sites for hydroxylation is 2. The number of hydrogen-bond donors (Lipinski definition) is 2. The molecule has 4 nitrogen and oxygen atoms in total. The zero-order valence-electron chi connectivity index (χ0n) is 10.6. The third-order valence-electron chi connectivity index (χ3n) is 3.11. The maximum absolute atomic E-state index is 13.7. The first-order chi connectivity index (χ1) is 9.11. The van der Waals surface area contributed by atoms with Crippen molar-refractivity contribution in [2.24, 2.45) is 12.9 Å². The normalized spacial score (nSPS) is 12.6. The highest BCUT2D eigenvalue weighted by atomic mass is 19.1. The van der Waals surface area contributed by atoms with Gasteiger partial charge in [0.15, 0.2) is 0 Å². The van der Waals surface area contributed by atoms with Gasteiger partial charge < -0.3 is 4.57 Å². The maximum Gasteiger partial charge on any atom is 0.128 e. The predicted octanol–water partition coefficient (Wildman–Crippen LogP) is 1.84. The lowest BCUT2D eigenvalue weighted by molar-refractivity contribution is 0.473. The SMILES string of the molecule is Cn1ccnc1CCC(NN)c1cc(F)ccc1F. The van der Waals surface area contributed by atoms with Crippen LogP contribution in [0.15, 0.2) is 30.6 Å². The third kappa shape index (κ3) is 3.15. The molecule has 0 aliphatic rings. The van der Waals surface area contributed by atoms with Crippen molar-refractivity contribution in [1.82, 2.24) is 15.0 Å². The van der Waals surface area contributed by atoms with E-state index >= 15 is 0 Å². The van der Waals surface area contributed by atoms with Crippen molar-refractivity contribution in [3.63, 3.8) is 0 Å². The first-order valence-electron chi connectivity index (χ1n) is 5.99. The number of benzene rings is 1. The van der Waals surface area contributed by atoms with Crippen molar-refractivity contribution in [2.75, 3.05) is 0 Å². The van der Waals surface area contributed by atoms with Gasteiger partial charge in [0.2, 0.25) is 0 Å². The van der Waals surface area contributed by atoms with Crippen molar-refractivity contribution in [3.8, 4) is 0 Å². The summed E-state index contributed by atoms with van der Waals surface area (Å²) in [6.07, 6.45) is 4.68. The minimum atomic E-state index is -0.478. The Balaban J connectivity index is 2.12. The summed E-state index contributed by atoms with van der Waals surface area (Å²) < 4.78 is 28.7. The summed E-state index contributed by atoms with van der Waals surface area (Å²) in [7, 11) is 1.88. The molecule has 0 saturated heterocycles. The van der Waals surface area contributed by atoms with Crippen LogP contribution in [0, 0.1) is 11.6 Å². The molecule has 0 saturated carbocycles. The maximum atomic E-state index is 13.7. The largest absolute Gasteiger partial charge is 0.338 e. The minimum Gasteiger partial charge on any atom is -0.338 e. The van der Waals surface area contributed by atoms with Crippen molar-refractivity contribution in [3.05, 3.63) is 53.6 Å². The van der Waals surface area contributed by atoms with Crippen LogP contribution in [-0.2, 0) is 13.5 Å². The Labute approximate surface area is 110 Å². The summed E-state index contributed by atoms with van der Waals surface area (Å²) in [5.41, 5.74) is 2.76. The molecular formula is C13H16F2N4. The molecular weight excluding hydrogens is 250 g/mol. The van der Waals surface area contributed by atoms with Crippen LogP contribution in [0.2, 0.25) is 0 Å². The molecule has 1 aromatic heterocycles. The van der Waals surface area contributed by atoms with Crippen molar-refractivity contribution < 1.29 is 8.78 Å². The van der Waals surface area contributed by atoms with Crippen LogP contribution in [-0.4, -0.2) is 9.55 Å². The fraction of sp³-hybridized carbons (Fsp3) is 0.308. The van der Waals surface area contributed by atoms with E-state index in [4.69, 9.17) is 5.84 Å². The van der Waals surface area contributed by atoms with Crippen LogP contribution in [0.3, 0.4) is 0 Å². The van der Waals surface area contributed by atoms with Gasteiger partial charge in [0, 0.05) is 37.5 Å². The van der Waals surface area contributed by atoms with Crippen molar-refractivity contribution in [2.45, 2.75) is 18.9 Å². The van der Waals surface area contributed by atoms with Crippen LogP contribution in [0.25, 0.3) is 0 Å². The molecule has 19 heavy (non-hydrogen) atoms. The Hall–Kier alpha value is -1.79. The molecule has 0 aliphatic heterocycles. The molecule has 102 valence electrons. The highest BCUT2D eigenvalue weighted by Gasteiger charge is 2.16. The number of nitrogens with zero attached hydrogens (tertiary/aromatic N) is 2. The second kappa shape index (κ2) is 5.90. The van der Waals surface area contributed by atoms with E-state index in [9.17, 15) is 8.78 Å². The quantitative estimate of drug-likeness (QED) is 0.641. The van der Waals surface area contributed by atoms with Gasteiger partial charge >= 0.3 is 0 Å². The molecule has 1 heterocycles. The van der Waals surface area contributed by atoms with Crippen molar-refractivity contribution >= 4 is 0 Å². The van der Waals surface area contributed by atoms with E-state index in [2.05, 4.69) is 10.4 Å². The summed E-state index contributed by atoms with van der Waals surface area (Å²) in [4.78, 5) is 4.18. The van der Waals surface area contributed by atoms with E-state index in [-0.39, 0.29) is 5.56 Å². The number of hydrazine groups is 1. The molecule has 6 heteroatoms. The van der Waals surface area contributed by atoms with Crippen molar-refractivity contribution in [1.29, 1.82) is 0 Å². The first-order valence-corrected chi connectivity index (χ1v) is 5.99. The lowest BCUT2D eigenvalue weighted by atomic mass is 10.0. The molecule has 0 fully saturated rings. The van der Waals surface area contributed by atoms with E-state index in [0.29, 0.717) is 12.8 Å². The Morgan fingerprint density at radius 2 is 2.21 bits per heavy atom. The van der Waals surface area contributed by atoms with Crippen LogP contribution < -0.4 is 11.3 Å². The number of nitrogens with two attached hydrogens (primary N) is 1. The summed E-state index contributed by atoms with van der Waals surface area (Å²) in [5, 5.41) is 0. The van der Waals surface area contributed by atoms with Gasteiger partial charge in [0.05, 0.1) is 0 Å². The summed E-state index contributed by atoms with van der Waals surface area (Å²) in [6, 6.07) is 2.91. The fourth-order valence-corrected chi connectivity index (χ4v) is 2.02. The molecule has 3 N–H and O–H groups in total. The van der Waals surface area contributed by atoms with Crippen LogP contribution in [0.1, 0.15) is 23.9 Å². The van der Waals surface area contributed by atoms with Gasteiger partial charge in [-0.3, -0.25) is 11.3 Å². The number of hydrogen-bond acceptors (Lipinski definition) is 3.